The molecule has 0 aliphatic carbocycles. The Morgan fingerprint density at radius 2 is 1.70 bits per heavy atom. The number of amides is 4. The third kappa shape index (κ3) is 3.39. The van der Waals surface area contributed by atoms with Gasteiger partial charge < -0.3 is 5.32 Å². The van der Waals surface area contributed by atoms with E-state index in [0.717, 1.165) is 36.4 Å². The van der Waals surface area contributed by atoms with E-state index in [0.29, 0.717) is 17.0 Å². The molecule has 7 heteroatoms. The molecule has 0 saturated carbocycles. The third-order valence-corrected chi connectivity index (χ3v) is 5.80. The maximum absolute atomic E-state index is 12.8. The van der Waals surface area contributed by atoms with Crippen molar-refractivity contribution in [1.82, 2.24) is 15.5 Å². The first-order valence-corrected chi connectivity index (χ1v) is 9.60. The van der Waals surface area contributed by atoms with Gasteiger partial charge in [-0.05, 0) is 68.8 Å². The average Bonchev–Trinajstić information content (AvgIpc) is 2.92. The van der Waals surface area contributed by atoms with E-state index in [2.05, 4.69) is 10.6 Å². The third-order valence-electron chi connectivity index (χ3n) is 5.80. The SMILES string of the molecule is O=C1CCC(N2C(=O)c3ccc(CCC4CCNCC4)cc3C2=O)C(=O)N1. The summed E-state index contributed by atoms with van der Waals surface area (Å²) in [5, 5.41) is 5.57. The van der Waals surface area contributed by atoms with Crippen LogP contribution in [-0.4, -0.2) is 47.7 Å². The standard InChI is InChI=1S/C20H23N3O4/c24-17-6-5-16(18(25)22-17)23-19(26)14-4-3-13(11-15(14)20(23)27)2-1-12-7-9-21-10-8-12/h3-4,11-12,16,21H,1-2,5-10H2,(H,22,24,25). The summed E-state index contributed by atoms with van der Waals surface area (Å²) in [6, 6.07) is 4.48. The molecule has 3 heterocycles. The molecule has 2 N–H and O–H groups in total. The fourth-order valence-corrected chi connectivity index (χ4v) is 4.21. The van der Waals surface area contributed by atoms with Crippen molar-refractivity contribution in [3.63, 3.8) is 0 Å². The summed E-state index contributed by atoms with van der Waals surface area (Å²) >= 11 is 0. The number of fused-ring (bicyclic) bond motifs is 1. The molecule has 0 aromatic heterocycles. The maximum atomic E-state index is 12.8. The molecule has 2 fully saturated rings. The normalized spacial score (nSPS) is 23.6. The molecule has 0 spiro atoms. The van der Waals surface area contributed by atoms with E-state index in [-0.39, 0.29) is 18.7 Å². The summed E-state index contributed by atoms with van der Waals surface area (Å²) in [6.45, 7) is 2.12. The van der Waals surface area contributed by atoms with Gasteiger partial charge in [0.05, 0.1) is 11.1 Å². The molecule has 1 atom stereocenters. The molecule has 27 heavy (non-hydrogen) atoms. The van der Waals surface area contributed by atoms with Gasteiger partial charge in [-0.1, -0.05) is 6.07 Å². The Morgan fingerprint density at radius 1 is 0.963 bits per heavy atom. The van der Waals surface area contributed by atoms with Gasteiger partial charge in [0.15, 0.2) is 0 Å². The van der Waals surface area contributed by atoms with Crippen molar-refractivity contribution in [2.24, 2.45) is 5.92 Å². The number of nitrogens with zero attached hydrogens (tertiary/aromatic N) is 1. The first-order valence-electron chi connectivity index (χ1n) is 9.60. The summed E-state index contributed by atoms with van der Waals surface area (Å²) in [4.78, 5) is 50.0. The lowest BCUT2D eigenvalue weighted by molar-refractivity contribution is -0.136. The van der Waals surface area contributed by atoms with Crippen LogP contribution in [-0.2, 0) is 16.0 Å². The van der Waals surface area contributed by atoms with E-state index < -0.39 is 23.8 Å². The second-order valence-electron chi connectivity index (χ2n) is 7.56. The molecule has 0 radical (unpaired) electrons. The minimum absolute atomic E-state index is 0.130. The lowest BCUT2D eigenvalue weighted by Gasteiger charge is -2.27. The zero-order valence-electron chi connectivity index (χ0n) is 15.1. The van der Waals surface area contributed by atoms with Crippen molar-refractivity contribution in [3.8, 4) is 0 Å². The van der Waals surface area contributed by atoms with E-state index in [1.54, 1.807) is 12.1 Å². The van der Waals surface area contributed by atoms with E-state index in [1.807, 2.05) is 6.07 Å². The van der Waals surface area contributed by atoms with Crippen LogP contribution >= 0.6 is 0 Å². The number of carbonyl (C=O) groups is 4. The predicted octanol–water partition coefficient (Wildman–Crippen LogP) is 1.02. The fraction of sp³-hybridized carbons (Fsp3) is 0.500. The van der Waals surface area contributed by atoms with Crippen molar-refractivity contribution in [2.45, 2.75) is 44.6 Å². The Labute approximate surface area is 157 Å². The highest BCUT2D eigenvalue weighted by Crippen LogP contribution is 2.29. The van der Waals surface area contributed by atoms with Gasteiger partial charge in [0.25, 0.3) is 11.8 Å². The number of carbonyl (C=O) groups excluding carboxylic acids is 4. The Kier molecular flexibility index (Phi) is 4.78. The average molecular weight is 369 g/mol. The molecule has 1 aromatic rings. The minimum atomic E-state index is -0.909. The first-order chi connectivity index (χ1) is 13.0. The quantitative estimate of drug-likeness (QED) is 0.773. The van der Waals surface area contributed by atoms with Gasteiger partial charge in [-0.25, -0.2) is 0 Å². The molecule has 2 saturated heterocycles. The van der Waals surface area contributed by atoms with E-state index in [1.165, 1.54) is 12.8 Å². The van der Waals surface area contributed by atoms with Gasteiger partial charge in [0.2, 0.25) is 11.8 Å². The summed E-state index contributed by atoms with van der Waals surface area (Å²) in [5.74, 6) is -1.14. The molecular formula is C20H23N3O4. The van der Waals surface area contributed by atoms with Crippen LogP contribution in [0.5, 0.6) is 0 Å². The van der Waals surface area contributed by atoms with Crippen molar-refractivity contribution in [2.75, 3.05) is 13.1 Å². The largest absolute Gasteiger partial charge is 0.317 e. The monoisotopic (exact) mass is 369 g/mol. The topological polar surface area (TPSA) is 95.6 Å². The van der Waals surface area contributed by atoms with E-state index >= 15 is 0 Å². The van der Waals surface area contributed by atoms with Crippen LogP contribution < -0.4 is 10.6 Å². The zero-order valence-corrected chi connectivity index (χ0v) is 15.1. The van der Waals surface area contributed by atoms with E-state index in [9.17, 15) is 19.2 Å². The Hall–Kier alpha value is -2.54. The van der Waals surface area contributed by atoms with Crippen LogP contribution in [0, 0.1) is 5.92 Å². The number of rotatable bonds is 4. The van der Waals surface area contributed by atoms with Crippen molar-refractivity contribution < 1.29 is 19.2 Å². The maximum Gasteiger partial charge on any atom is 0.262 e. The number of imide groups is 2. The Morgan fingerprint density at radius 3 is 2.44 bits per heavy atom. The highest BCUT2D eigenvalue weighted by atomic mass is 16.2. The number of benzene rings is 1. The molecule has 1 unspecified atom stereocenters. The van der Waals surface area contributed by atoms with Crippen LogP contribution in [0.3, 0.4) is 0 Å². The summed E-state index contributed by atoms with van der Waals surface area (Å²) in [5.41, 5.74) is 1.75. The van der Waals surface area contributed by atoms with Crippen LogP contribution in [0.2, 0.25) is 0 Å². The molecule has 4 amide bonds. The molecule has 142 valence electrons. The second-order valence-corrected chi connectivity index (χ2v) is 7.56. The van der Waals surface area contributed by atoms with Crippen LogP contribution in [0.1, 0.15) is 58.4 Å². The smallest absolute Gasteiger partial charge is 0.262 e. The summed E-state index contributed by atoms with van der Waals surface area (Å²) in [7, 11) is 0. The van der Waals surface area contributed by atoms with E-state index in [4.69, 9.17) is 0 Å². The fourth-order valence-electron chi connectivity index (χ4n) is 4.21. The summed E-state index contributed by atoms with van der Waals surface area (Å²) < 4.78 is 0. The molecule has 1 aromatic carbocycles. The highest BCUT2D eigenvalue weighted by molar-refractivity contribution is 6.23. The number of hydrogen-bond acceptors (Lipinski definition) is 5. The molecule has 4 rings (SSSR count). The Bertz CT molecular complexity index is 813. The number of nitrogens with one attached hydrogen (secondary N) is 2. The van der Waals surface area contributed by atoms with Gasteiger partial charge in [-0.2, -0.15) is 0 Å². The van der Waals surface area contributed by atoms with Crippen molar-refractivity contribution >= 4 is 23.6 Å². The lowest BCUT2D eigenvalue weighted by atomic mass is 9.91. The van der Waals surface area contributed by atoms with Crippen LogP contribution in [0.4, 0.5) is 0 Å². The van der Waals surface area contributed by atoms with Gasteiger partial charge in [0.1, 0.15) is 6.04 Å². The van der Waals surface area contributed by atoms with Crippen LogP contribution in [0.15, 0.2) is 18.2 Å². The van der Waals surface area contributed by atoms with Crippen LogP contribution in [0.25, 0.3) is 0 Å². The molecule has 3 aliphatic rings. The Balaban J connectivity index is 1.49. The van der Waals surface area contributed by atoms with Crippen molar-refractivity contribution in [1.29, 1.82) is 0 Å². The zero-order chi connectivity index (χ0) is 19.0. The molecule has 7 nitrogen and oxygen atoms in total. The second kappa shape index (κ2) is 7.23. The van der Waals surface area contributed by atoms with Gasteiger partial charge in [-0.3, -0.25) is 29.4 Å². The lowest BCUT2D eigenvalue weighted by Crippen LogP contribution is -2.54. The minimum Gasteiger partial charge on any atom is -0.317 e. The predicted molar refractivity (Wildman–Crippen MR) is 97.0 cm³/mol. The molecule has 3 aliphatic heterocycles. The number of hydrogen-bond donors (Lipinski definition) is 2. The first kappa shape index (κ1) is 17.9. The van der Waals surface area contributed by atoms with Gasteiger partial charge >= 0.3 is 0 Å². The number of piperidine rings is 2. The highest BCUT2D eigenvalue weighted by Gasteiger charge is 2.44. The van der Waals surface area contributed by atoms with Gasteiger partial charge in [-0.15, -0.1) is 0 Å². The van der Waals surface area contributed by atoms with Crippen molar-refractivity contribution in [3.05, 3.63) is 34.9 Å². The molecule has 0 bridgehead atoms. The van der Waals surface area contributed by atoms with Gasteiger partial charge in [0, 0.05) is 6.42 Å². The summed E-state index contributed by atoms with van der Waals surface area (Å²) in [6.07, 6.45) is 4.60. The number of aryl methyl sites for hydroxylation is 1. The molecular weight excluding hydrogens is 346 g/mol.